The van der Waals surface area contributed by atoms with Gasteiger partial charge in [0.2, 0.25) is 0 Å². The molecule has 0 saturated heterocycles. The molecule has 0 bridgehead atoms. The van der Waals surface area contributed by atoms with E-state index in [0.717, 1.165) is 6.42 Å². The molecule has 1 heterocycles. The lowest BCUT2D eigenvalue weighted by molar-refractivity contribution is -0.116. The zero-order valence-corrected chi connectivity index (χ0v) is 18.4. The van der Waals surface area contributed by atoms with E-state index in [-0.39, 0.29) is 17.0 Å². The van der Waals surface area contributed by atoms with Gasteiger partial charge < -0.3 is 14.0 Å². The van der Waals surface area contributed by atoms with E-state index in [1.807, 2.05) is 6.92 Å². The minimum Gasteiger partial charge on any atom is -0.497 e. The zero-order chi connectivity index (χ0) is 22.4. The molecule has 5 nitrogen and oxygen atoms in total. The highest BCUT2D eigenvalue weighted by Gasteiger charge is 2.18. The van der Waals surface area contributed by atoms with Crippen LogP contribution in [-0.2, 0) is 11.3 Å². The molecule has 0 atom stereocenters. The Bertz CT molecular complexity index is 1130. The molecule has 0 aliphatic rings. The topological polar surface area (TPSA) is 57.5 Å². The van der Waals surface area contributed by atoms with Gasteiger partial charge in [-0.2, -0.15) is 0 Å². The first-order valence-corrected chi connectivity index (χ1v) is 10.7. The second-order valence-electron chi connectivity index (χ2n) is 7.19. The van der Waals surface area contributed by atoms with Crippen LogP contribution in [0.15, 0.2) is 47.4 Å². The van der Waals surface area contributed by atoms with E-state index in [0.29, 0.717) is 54.1 Å². The highest BCUT2D eigenvalue weighted by molar-refractivity contribution is 6.27. The number of ether oxygens (including phenoxy) is 2. The summed E-state index contributed by atoms with van der Waals surface area (Å²) < 4.78 is 27.7. The van der Waals surface area contributed by atoms with Crippen LogP contribution in [0.25, 0.3) is 22.0 Å². The van der Waals surface area contributed by atoms with Gasteiger partial charge in [0.05, 0.1) is 30.5 Å². The van der Waals surface area contributed by atoms with Crippen LogP contribution in [0.5, 0.6) is 11.5 Å². The molecule has 0 aliphatic carbocycles. The molecule has 3 rings (SSSR count). The monoisotopic (exact) mass is 445 g/mol. The van der Waals surface area contributed by atoms with Gasteiger partial charge in [-0.05, 0) is 42.7 Å². The fourth-order valence-corrected chi connectivity index (χ4v) is 3.59. The van der Waals surface area contributed by atoms with Crippen molar-refractivity contribution in [2.45, 2.75) is 32.7 Å². The van der Waals surface area contributed by atoms with Gasteiger partial charge in [0.1, 0.15) is 23.1 Å². The molecule has 0 unspecified atom stereocenters. The first-order chi connectivity index (χ1) is 15.0. The summed E-state index contributed by atoms with van der Waals surface area (Å²) in [6.45, 7) is 2.83. The Morgan fingerprint density at radius 2 is 1.90 bits per heavy atom. The SMILES string of the molecule is CCCOc1ccc(F)c2c(=O)c(-c3ccc(OC)cc3)cn(CCCC(=O)CCl)c12. The van der Waals surface area contributed by atoms with Crippen LogP contribution >= 0.6 is 11.6 Å². The molecule has 0 amide bonds. The lowest BCUT2D eigenvalue weighted by Gasteiger charge is -2.17. The van der Waals surface area contributed by atoms with Crippen molar-refractivity contribution in [2.75, 3.05) is 19.6 Å². The maximum Gasteiger partial charge on any atom is 0.200 e. The Hall–Kier alpha value is -2.86. The molecule has 1 aromatic heterocycles. The summed E-state index contributed by atoms with van der Waals surface area (Å²) in [5, 5.41) is -0.0226. The second-order valence-corrected chi connectivity index (χ2v) is 7.45. The van der Waals surface area contributed by atoms with Gasteiger partial charge >= 0.3 is 0 Å². The van der Waals surface area contributed by atoms with Crippen LogP contribution in [0.4, 0.5) is 4.39 Å². The van der Waals surface area contributed by atoms with Crippen LogP contribution in [0, 0.1) is 5.82 Å². The lowest BCUT2D eigenvalue weighted by atomic mass is 10.0. The number of Topliss-reactive ketones (excluding diaryl/α,β-unsaturated/α-hetero) is 1. The van der Waals surface area contributed by atoms with Crippen molar-refractivity contribution in [1.82, 2.24) is 4.57 Å². The smallest absolute Gasteiger partial charge is 0.200 e. The fourth-order valence-electron chi connectivity index (χ4n) is 3.46. The molecule has 0 radical (unpaired) electrons. The summed E-state index contributed by atoms with van der Waals surface area (Å²) in [6.07, 6.45) is 3.29. The van der Waals surface area contributed by atoms with E-state index in [1.165, 1.54) is 6.07 Å². The highest BCUT2D eigenvalue weighted by Crippen LogP contribution is 2.30. The molecule has 3 aromatic rings. The van der Waals surface area contributed by atoms with E-state index < -0.39 is 11.2 Å². The normalized spacial score (nSPS) is 11.0. The Morgan fingerprint density at radius 1 is 1.16 bits per heavy atom. The molecule has 7 heteroatoms. The van der Waals surface area contributed by atoms with Crippen molar-refractivity contribution in [3.05, 3.63) is 58.6 Å². The van der Waals surface area contributed by atoms with Crippen molar-refractivity contribution in [2.24, 2.45) is 0 Å². The van der Waals surface area contributed by atoms with Crippen LogP contribution < -0.4 is 14.9 Å². The number of methoxy groups -OCH3 is 1. The number of rotatable bonds is 10. The van der Waals surface area contributed by atoms with Crippen molar-refractivity contribution >= 4 is 28.3 Å². The average molecular weight is 446 g/mol. The third-order valence-electron chi connectivity index (χ3n) is 5.00. The van der Waals surface area contributed by atoms with Gasteiger partial charge in [0, 0.05) is 24.7 Å². The van der Waals surface area contributed by atoms with Gasteiger partial charge in [-0.15, -0.1) is 11.6 Å². The number of pyridine rings is 1. The number of benzene rings is 2. The second kappa shape index (κ2) is 10.4. The van der Waals surface area contributed by atoms with Crippen LogP contribution in [-0.4, -0.2) is 29.9 Å². The summed E-state index contributed by atoms with van der Waals surface area (Å²) in [7, 11) is 1.56. The van der Waals surface area contributed by atoms with Gasteiger partial charge in [0.15, 0.2) is 5.43 Å². The predicted octanol–water partition coefficient (Wildman–Crippen LogP) is 5.19. The van der Waals surface area contributed by atoms with Gasteiger partial charge in [-0.3, -0.25) is 9.59 Å². The minimum atomic E-state index is -0.607. The summed E-state index contributed by atoms with van der Waals surface area (Å²) in [4.78, 5) is 24.9. The molecule has 0 spiro atoms. The summed E-state index contributed by atoms with van der Waals surface area (Å²) >= 11 is 5.61. The molecule has 0 fully saturated rings. The van der Waals surface area contributed by atoms with Crippen LogP contribution in [0.2, 0.25) is 0 Å². The Kier molecular flexibility index (Phi) is 7.69. The number of fused-ring (bicyclic) bond motifs is 1. The number of carbonyl (C=O) groups excluding carboxylic acids is 1. The molecule has 31 heavy (non-hydrogen) atoms. The quantitative estimate of drug-likeness (QED) is 0.403. The predicted molar refractivity (Wildman–Crippen MR) is 121 cm³/mol. The third kappa shape index (κ3) is 5.07. The standard InChI is InChI=1S/C24H25ClFNO4/c1-3-13-31-21-11-10-20(26)22-23(21)27(12-4-5-17(28)14-25)15-19(24(22)29)16-6-8-18(30-2)9-7-16/h6-11,15H,3-5,12-14H2,1-2H3. The van der Waals surface area contributed by atoms with Crippen molar-refractivity contribution in [1.29, 1.82) is 0 Å². The number of aryl methyl sites for hydroxylation is 1. The largest absolute Gasteiger partial charge is 0.497 e. The average Bonchev–Trinajstić information content (AvgIpc) is 2.79. The first kappa shape index (κ1) is 22.8. The summed E-state index contributed by atoms with van der Waals surface area (Å²) in [6, 6.07) is 9.82. The number of aromatic nitrogens is 1. The van der Waals surface area contributed by atoms with Crippen molar-refractivity contribution in [3.63, 3.8) is 0 Å². The molecule has 164 valence electrons. The number of ketones is 1. The maximum absolute atomic E-state index is 14.9. The minimum absolute atomic E-state index is 0.0226. The van der Waals surface area contributed by atoms with Gasteiger partial charge in [-0.25, -0.2) is 4.39 Å². The van der Waals surface area contributed by atoms with Crippen LogP contribution in [0.3, 0.4) is 0 Å². The first-order valence-electron chi connectivity index (χ1n) is 10.2. The number of hydrogen-bond acceptors (Lipinski definition) is 4. The van der Waals surface area contributed by atoms with E-state index in [9.17, 15) is 14.0 Å². The fraction of sp³-hybridized carbons (Fsp3) is 0.333. The van der Waals surface area contributed by atoms with E-state index in [2.05, 4.69) is 0 Å². The molecular weight excluding hydrogens is 421 g/mol. The highest BCUT2D eigenvalue weighted by atomic mass is 35.5. The number of alkyl halides is 1. The number of halogens is 2. The van der Waals surface area contributed by atoms with E-state index in [1.54, 1.807) is 48.2 Å². The lowest BCUT2D eigenvalue weighted by Crippen LogP contribution is -2.15. The van der Waals surface area contributed by atoms with Crippen molar-refractivity contribution < 1.29 is 18.7 Å². The summed E-state index contributed by atoms with van der Waals surface area (Å²) in [5.74, 6) is 0.397. The third-order valence-corrected chi connectivity index (χ3v) is 5.30. The summed E-state index contributed by atoms with van der Waals surface area (Å²) in [5.41, 5.74) is 1.00. The Morgan fingerprint density at radius 3 is 2.55 bits per heavy atom. The molecular formula is C24H25ClFNO4. The molecule has 0 aliphatic heterocycles. The van der Waals surface area contributed by atoms with E-state index >= 15 is 0 Å². The van der Waals surface area contributed by atoms with E-state index in [4.69, 9.17) is 21.1 Å². The zero-order valence-electron chi connectivity index (χ0n) is 17.6. The maximum atomic E-state index is 14.9. The Balaban J connectivity index is 2.19. The number of hydrogen-bond donors (Lipinski definition) is 0. The molecule has 0 N–H and O–H groups in total. The number of carbonyl (C=O) groups is 1. The Labute approximate surface area is 185 Å². The van der Waals surface area contributed by atoms with Gasteiger partial charge in [-0.1, -0.05) is 19.1 Å². The van der Waals surface area contributed by atoms with Gasteiger partial charge in [0.25, 0.3) is 0 Å². The molecule has 2 aromatic carbocycles. The van der Waals surface area contributed by atoms with Crippen LogP contribution in [0.1, 0.15) is 26.2 Å². The number of nitrogens with zero attached hydrogens (tertiary/aromatic N) is 1. The van der Waals surface area contributed by atoms with Crippen molar-refractivity contribution in [3.8, 4) is 22.6 Å². The molecule has 0 saturated carbocycles.